The number of β-amino-alcohol motifs (C(OH)–C–C–N with tert-alkyl or cyclic N) is 1. The van der Waals surface area contributed by atoms with Gasteiger partial charge in [-0.3, -0.25) is 0 Å². The van der Waals surface area contributed by atoms with Crippen LogP contribution in [-0.4, -0.2) is 60.5 Å². The number of likely N-dealkylation sites (tertiary alicyclic amines) is 1. The van der Waals surface area contributed by atoms with E-state index < -0.39 is 0 Å². The Bertz CT molecular complexity index is 184. The summed E-state index contributed by atoms with van der Waals surface area (Å²) in [4.78, 5) is 2.36. The lowest BCUT2D eigenvalue weighted by Gasteiger charge is -2.32. The van der Waals surface area contributed by atoms with Crippen LogP contribution in [0.4, 0.5) is 0 Å². The zero-order valence-corrected chi connectivity index (χ0v) is 12.0. The van der Waals surface area contributed by atoms with Gasteiger partial charge in [0, 0.05) is 18.4 Å². The second-order valence-corrected chi connectivity index (χ2v) is 5.96. The van der Waals surface area contributed by atoms with Gasteiger partial charge < -0.3 is 14.7 Å². The van der Waals surface area contributed by atoms with E-state index in [4.69, 9.17) is 4.74 Å². The molecule has 102 valence electrons. The van der Waals surface area contributed by atoms with Crippen molar-refractivity contribution in [2.24, 2.45) is 0 Å². The lowest BCUT2D eigenvalue weighted by molar-refractivity contribution is 0.0131. The molecule has 1 fully saturated rings. The van der Waals surface area contributed by atoms with Crippen LogP contribution in [0.5, 0.6) is 0 Å². The lowest BCUT2D eigenvalue weighted by atomic mass is 10.1. The van der Waals surface area contributed by atoms with Crippen molar-refractivity contribution in [1.82, 2.24) is 4.90 Å². The minimum atomic E-state index is -0.322. The molecule has 1 aliphatic heterocycles. The van der Waals surface area contributed by atoms with E-state index in [0.717, 1.165) is 44.3 Å². The molecule has 0 radical (unpaired) electrons. The van der Waals surface area contributed by atoms with Crippen LogP contribution in [0.1, 0.15) is 32.6 Å². The molecule has 4 heteroatoms. The van der Waals surface area contributed by atoms with Gasteiger partial charge in [-0.25, -0.2) is 0 Å². The summed E-state index contributed by atoms with van der Waals surface area (Å²) in [5.41, 5.74) is 0. The summed E-state index contributed by atoms with van der Waals surface area (Å²) in [5.74, 6) is 0. The van der Waals surface area contributed by atoms with Crippen molar-refractivity contribution in [1.29, 1.82) is 0 Å². The van der Waals surface area contributed by atoms with Crippen LogP contribution in [0.2, 0.25) is 0 Å². The third-order valence-corrected chi connectivity index (χ3v) is 4.43. The van der Waals surface area contributed by atoms with E-state index in [2.05, 4.69) is 18.1 Å². The molecule has 1 saturated heterocycles. The number of thioether (sulfide) groups is 1. The Morgan fingerprint density at radius 2 is 2.12 bits per heavy atom. The van der Waals surface area contributed by atoms with Gasteiger partial charge in [-0.15, -0.1) is 0 Å². The minimum Gasteiger partial charge on any atom is -0.389 e. The Balaban J connectivity index is 2.04. The molecule has 17 heavy (non-hydrogen) atoms. The van der Waals surface area contributed by atoms with Gasteiger partial charge in [0.2, 0.25) is 0 Å². The van der Waals surface area contributed by atoms with Gasteiger partial charge in [0.1, 0.15) is 0 Å². The van der Waals surface area contributed by atoms with E-state index in [1.165, 1.54) is 12.8 Å². The lowest BCUT2D eigenvalue weighted by Crippen LogP contribution is -2.40. The number of ether oxygens (including phenoxy) is 1. The highest BCUT2D eigenvalue weighted by Gasteiger charge is 2.20. The second kappa shape index (κ2) is 9.20. The predicted octanol–water partition coefficient (Wildman–Crippen LogP) is 1.99. The molecule has 1 rings (SSSR count). The molecule has 1 N–H and O–H groups in total. The molecule has 0 aromatic carbocycles. The Labute approximate surface area is 110 Å². The third kappa shape index (κ3) is 6.65. The molecule has 0 saturated carbocycles. The molecule has 3 nitrogen and oxygen atoms in total. The van der Waals surface area contributed by atoms with Crippen LogP contribution in [-0.2, 0) is 4.74 Å². The van der Waals surface area contributed by atoms with Crippen LogP contribution in [0.25, 0.3) is 0 Å². The molecule has 1 unspecified atom stereocenters. The van der Waals surface area contributed by atoms with Crippen LogP contribution in [0.3, 0.4) is 0 Å². The standard InChI is InChI=1S/C13H27NO2S/c1-3-4-9-16-11-12(15)10-14-7-5-13(17-2)6-8-14/h12-13,15H,3-11H2,1-2H3. The molecule has 0 spiro atoms. The Kier molecular flexibility index (Phi) is 8.27. The number of unbranched alkanes of at least 4 members (excludes halogenated alkanes) is 1. The molecule has 1 aliphatic rings. The van der Waals surface area contributed by atoms with Crippen molar-refractivity contribution in [3.63, 3.8) is 0 Å². The first kappa shape index (κ1) is 15.3. The van der Waals surface area contributed by atoms with Crippen molar-refractivity contribution in [3.8, 4) is 0 Å². The molecule has 0 aromatic heterocycles. The number of aliphatic hydroxyl groups is 1. The second-order valence-electron chi connectivity index (χ2n) is 4.82. The molecular formula is C13H27NO2S. The fourth-order valence-electron chi connectivity index (χ4n) is 2.14. The summed E-state index contributed by atoms with van der Waals surface area (Å²) in [7, 11) is 0. The van der Waals surface area contributed by atoms with E-state index in [1.54, 1.807) is 0 Å². The predicted molar refractivity (Wildman–Crippen MR) is 74.7 cm³/mol. The van der Waals surface area contributed by atoms with E-state index in [1.807, 2.05) is 11.8 Å². The molecule has 0 aliphatic carbocycles. The number of hydrogen-bond acceptors (Lipinski definition) is 4. The maximum Gasteiger partial charge on any atom is 0.0900 e. The first-order valence-corrected chi connectivity index (χ1v) is 8.06. The van der Waals surface area contributed by atoms with Gasteiger partial charge in [0.25, 0.3) is 0 Å². The van der Waals surface area contributed by atoms with Crippen molar-refractivity contribution >= 4 is 11.8 Å². The number of piperidine rings is 1. The summed E-state index contributed by atoms with van der Waals surface area (Å²) >= 11 is 1.97. The zero-order valence-electron chi connectivity index (χ0n) is 11.2. The smallest absolute Gasteiger partial charge is 0.0900 e. The average Bonchev–Trinajstić information content (AvgIpc) is 2.36. The van der Waals surface area contributed by atoms with Crippen molar-refractivity contribution in [2.75, 3.05) is 39.1 Å². The molecular weight excluding hydrogens is 234 g/mol. The van der Waals surface area contributed by atoms with E-state index in [0.29, 0.717) is 6.61 Å². The number of hydrogen-bond donors (Lipinski definition) is 1. The highest BCUT2D eigenvalue weighted by atomic mass is 32.2. The summed E-state index contributed by atoms with van der Waals surface area (Å²) in [6, 6.07) is 0. The molecule has 1 atom stereocenters. The van der Waals surface area contributed by atoms with Gasteiger partial charge in [-0.05, 0) is 38.6 Å². The highest BCUT2D eigenvalue weighted by molar-refractivity contribution is 7.99. The number of nitrogens with zero attached hydrogens (tertiary/aromatic N) is 1. The average molecular weight is 261 g/mol. The van der Waals surface area contributed by atoms with Crippen LogP contribution in [0, 0.1) is 0 Å². The van der Waals surface area contributed by atoms with Crippen molar-refractivity contribution < 1.29 is 9.84 Å². The number of rotatable bonds is 8. The largest absolute Gasteiger partial charge is 0.389 e. The number of aliphatic hydroxyl groups excluding tert-OH is 1. The van der Waals surface area contributed by atoms with Gasteiger partial charge >= 0.3 is 0 Å². The molecule has 1 heterocycles. The van der Waals surface area contributed by atoms with Gasteiger partial charge in [-0.2, -0.15) is 11.8 Å². The van der Waals surface area contributed by atoms with Crippen LogP contribution >= 0.6 is 11.8 Å². The highest BCUT2D eigenvalue weighted by Crippen LogP contribution is 2.20. The first-order chi connectivity index (χ1) is 8.26. The summed E-state index contributed by atoms with van der Waals surface area (Å²) in [6.07, 6.45) is 6.62. The summed E-state index contributed by atoms with van der Waals surface area (Å²) in [5, 5.41) is 10.7. The van der Waals surface area contributed by atoms with E-state index in [-0.39, 0.29) is 6.10 Å². The Morgan fingerprint density at radius 3 is 2.71 bits per heavy atom. The normalized spacial score (nSPS) is 20.6. The Hall–Kier alpha value is 0.230. The SMILES string of the molecule is CCCCOCC(O)CN1CCC(SC)CC1. The van der Waals surface area contributed by atoms with Gasteiger partial charge in [0.15, 0.2) is 0 Å². The topological polar surface area (TPSA) is 32.7 Å². The fourth-order valence-corrected chi connectivity index (χ4v) is 2.83. The van der Waals surface area contributed by atoms with Crippen LogP contribution in [0.15, 0.2) is 0 Å². The fraction of sp³-hybridized carbons (Fsp3) is 1.00. The maximum atomic E-state index is 9.85. The van der Waals surface area contributed by atoms with Crippen LogP contribution < -0.4 is 0 Å². The van der Waals surface area contributed by atoms with Gasteiger partial charge in [0.05, 0.1) is 12.7 Å². The van der Waals surface area contributed by atoms with Gasteiger partial charge in [-0.1, -0.05) is 13.3 Å². The Morgan fingerprint density at radius 1 is 1.41 bits per heavy atom. The minimum absolute atomic E-state index is 0.322. The maximum absolute atomic E-state index is 9.85. The summed E-state index contributed by atoms with van der Waals surface area (Å²) in [6.45, 7) is 6.43. The quantitative estimate of drug-likeness (QED) is 0.677. The molecule has 0 amide bonds. The summed E-state index contributed by atoms with van der Waals surface area (Å²) < 4.78 is 5.44. The van der Waals surface area contributed by atoms with Crippen molar-refractivity contribution in [2.45, 2.75) is 44.0 Å². The first-order valence-electron chi connectivity index (χ1n) is 6.77. The van der Waals surface area contributed by atoms with Crippen molar-refractivity contribution in [3.05, 3.63) is 0 Å². The molecule has 0 bridgehead atoms. The molecule has 0 aromatic rings. The van der Waals surface area contributed by atoms with E-state index >= 15 is 0 Å². The third-order valence-electron chi connectivity index (χ3n) is 3.29. The monoisotopic (exact) mass is 261 g/mol. The zero-order chi connectivity index (χ0) is 12.5. The van der Waals surface area contributed by atoms with E-state index in [9.17, 15) is 5.11 Å².